The maximum Gasteiger partial charge on any atom is 0.305 e. The molecular weight excluding hydrogens is 154 g/mol. The highest BCUT2D eigenvalue weighted by Crippen LogP contribution is 2.10. The first-order valence-corrected chi connectivity index (χ1v) is 4.40. The molecule has 0 saturated heterocycles. The van der Waals surface area contributed by atoms with Gasteiger partial charge in [0.15, 0.2) is 0 Å². The highest BCUT2D eigenvalue weighted by Gasteiger charge is 2.08. The Morgan fingerprint density at radius 2 is 2.08 bits per heavy atom. The lowest BCUT2D eigenvalue weighted by Gasteiger charge is -2.14. The molecule has 0 bridgehead atoms. The van der Waals surface area contributed by atoms with E-state index >= 15 is 0 Å². The Bertz CT molecular complexity index is 134. The number of carbonyl (C=O) groups is 1. The van der Waals surface area contributed by atoms with Crippen molar-refractivity contribution in [3.63, 3.8) is 0 Å². The van der Waals surface area contributed by atoms with Crippen LogP contribution in [0.2, 0.25) is 0 Å². The topological polar surface area (TPSA) is 52.3 Å². The lowest BCUT2D eigenvalue weighted by Crippen LogP contribution is -2.24. The van der Waals surface area contributed by atoms with Gasteiger partial charge in [0.2, 0.25) is 0 Å². The number of ether oxygens (including phenoxy) is 1. The molecule has 0 amide bonds. The Labute approximate surface area is 74.3 Å². The lowest BCUT2D eigenvalue weighted by molar-refractivity contribution is -0.140. The minimum atomic E-state index is -0.133. The zero-order valence-corrected chi connectivity index (χ0v) is 8.17. The van der Waals surface area contributed by atoms with Crippen molar-refractivity contribution >= 4 is 5.97 Å². The van der Waals surface area contributed by atoms with Gasteiger partial charge < -0.3 is 10.5 Å². The van der Waals surface area contributed by atoms with E-state index in [-0.39, 0.29) is 12.0 Å². The summed E-state index contributed by atoms with van der Waals surface area (Å²) in [7, 11) is 1.41. The molecule has 3 heteroatoms. The van der Waals surface area contributed by atoms with E-state index in [0.29, 0.717) is 12.3 Å². The summed E-state index contributed by atoms with van der Waals surface area (Å²) in [6, 6.07) is 0.211. The maximum atomic E-state index is 10.7. The first-order valence-electron chi connectivity index (χ1n) is 4.40. The summed E-state index contributed by atoms with van der Waals surface area (Å²) in [5.41, 5.74) is 5.67. The molecule has 0 aromatic rings. The molecule has 2 atom stereocenters. The third-order valence-corrected chi connectivity index (χ3v) is 2.17. The third-order valence-electron chi connectivity index (χ3n) is 2.17. The number of esters is 1. The molecule has 0 aliphatic carbocycles. The summed E-state index contributed by atoms with van der Waals surface area (Å²) in [6.45, 7) is 4.09. The Morgan fingerprint density at radius 1 is 1.50 bits per heavy atom. The van der Waals surface area contributed by atoms with Crippen LogP contribution in [-0.4, -0.2) is 19.1 Å². The van der Waals surface area contributed by atoms with Crippen molar-refractivity contribution in [2.45, 2.75) is 39.2 Å². The number of nitrogens with two attached hydrogens (primary N) is 1. The fourth-order valence-corrected chi connectivity index (χ4v) is 0.933. The van der Waals surface area contributed by atoms with Crippen LogP contribution in [0, 0.1) is 5.92 Å². The Balaban J connectivity index is 3.37. The van der Waals surface area contributed by atoms with Crippen molar-refractivity contribution in [1.29, 1.82) is 0 Å². The highest BCUT2D eigenvalue weighted by molar-refractivity contribution is 5.68. The fourth-order valence-electron chi connectivity index (χ4n) is 0.933. The molecule has 12 heavy (non-hydrogen) atoms. The lowest BCUT2D eigenvalue weighted by atomic mass is 9.98. The van der Waals surface area contributed by atoms with Crippen LogP contribution in [0.25, 0.3) is 0 Å². The number of hydrogen-bond acceptors (Lipinski definition) is 3. The summed E-state index contributed by atoms with van der Waals surface area (Å²) in [5.74, 6) is 0.349. The molecule has 0 spiro atoms. The predicted molar refractivity (Wildman–Crippen MR) is 48.7 cm³/mol. The SMILES string of the molecule is COC(=O)CCCC(C)C(C)N. The van der Waals surface area contributed by atoms with Crippen molar-refractivity contribution in [2.24, 2.45) is 11.7 Å². The van der Waals surface area contributed by atoms with E-state index in [9.17, 15) is 4.79 Å². The van der Waals surface area contributed by atoms with Gasteiger partial charge in [0.25, 0.3) is 0 Å². The molecule has 0 heterocycles. The zero-order valence-electron chi connectivity index (χ0n) is 8.17. The molecular formula is C9H19NO2. The zero-order chi connectivity index (χ0) is 9.56. The molecule has 0 aliphatic heterocycles. The second-order valence-electron chi connectivity index (χ2n) is 3.30. The average Bonchev–Trinajstić information content (AvgIpc) is 2.03. The van der Waals surface area contributed by atoms with E-state index in [0.717, 1.165) is 12.8 Å². The molecule has 0 saturated carbocycles. The summed E-state index contributed by atoms with van der Waals surface area (Å²) in [6.07, 6.45) is 2.37. The summed E-state index contributed by atoms with van der Waals surface area (Å²) in [4.78, 5) is 10.7. The van der Waals surface area contributed by atoms with Crippen LogP contribution in [0.4, 0.5) is 0 Å². The minimum Gasteiger partial charge on any atom is -0.469 e. The third kappa shape index (κ3) is 5.13. The van der Waals surface area contributed by atoms with Crippen LogP contribution in [-0.2, 0) is 9.53 Å². The summed E-state index contributed by atoms with van der Waals surface area (Å²) in [5, 5.41) is 0. The highest BCUT2D eigenvalue weighted by atomic mass is 16.5. The smallest absolute Gasteiger partial charge is 0.305 e. The molecule has 2 N–H and O–H groups in total. The number of rotatable bonds is 5. The molecule has 0 aromatic heterocycles. The maximum absolute atomic E-state index is 10.7. The Hall–Kier alpha value is -0.570. The van der Waals surface area contributed by atoms with E-state index in [1.807, 2.05) is 6.92 Å². The van der Waals surface area contributed by atoms with E-state index in [2.05, 4.69) is 11.7 Å². The summed E-state index contributed by atoms with van der Waals surface area (Å²) < 4.78 is 4.52. The number of carbonyl (C=O) groups excluding carboxylic acids is 1. The second kappa shape index (κ2) is 6.00. The van der Waals surface area contributed by atoms with Crippen LogP contribution in [0.5, 0.6) is 0 Å². The van der Waals surface area contributed by atoms with Gasteiger partial charge in [-0.1, -0.05) is 6.92 Å². The van der Waals surface area contributed by atoms with Gasteiger partial charge in [-0.05, 0) is 25.7 Å². The van der Waals surface area contributed by atoms with Crippen molar-refractivity contribution in [2.75, 3.05) is 7.11 Å². The van der Waals surface area contributed by atoms with Crippen LogP contribution < -0.4 is 5.73 Å². The van der Waals surface area contributed by atoms with Crippen molar-refractivity contribution in [3.8, 4) is 0 Å². The Kier molecular flexibility index (Phi) is 5.72. The largest absolute Gasteiger partial charge is 0.469 e. The van der Waals surface area contributed by atoms with E-state index in [1.54, 1.807) is 0 Å². The molecule has 3 nitrogen and oxygen atoms in total. The number of methoxy groups -OCH3 is 1. The minimum absolute atomic E-state index is 0.133. The average molecular weight is 173 g/mol. The fraction of sp³-hybridized carbons (Fsp3) is 0.889. The predicted octanol–water partition coefficient (Wildman–Crippen LogP) is 1.31. The quantitative estimate of drug-likeness (QED) is 0.638. The van der Waals surface area contributed by atoms with Crippen molar-refractivity contribution in [3.05, 3.63) is 0 Å². The van der Waals surface area contributed by atoms with E-state index in [1.165, 1.54) is 7.11 Å². The van der Waals surface area contributed by atoms with Crippen molar-refractivity contribution < 1.29 is 9.53 Å². The normalized spacial score (nSPS) is 15.3. The van der Waals surface area contributed by atoms with Crippen molar-refractivity contribution in [1.82, 2.24) is 0 Å². The molecule has 0 radical (unpaired) electrons. The second-order valence-corrected chi connectivity index (χ2v) is 3.30. The standard InChI is InChI=1S/C9H19NO2/c1-7(8(2)10)5-4-6-9(11)12-3/h7-8H,4-6,10H2,1-3H3. The van der Waals surface area contributed by atoms with Gasteiger partial charge in [0.1, 0.15) is 0 Å². The van der Waals surface area contributed by atoms with Gasteiger partial charge >= 0.3 is 5.97 Å². The van der Waals surface area contributed by atoms with Gasteiger partial charge in [-0.15, -0.1) is 0 Å². The van der Waals surface area contributed by atoms with Gasteiger partial charge in [0, 0.05) is 12.5 Å². The van der Waals surface area contributed by atoms with Crippen LogP contribution >= 0.6 is 0 Å². The first-order chi connectivity index (χ1) is 5.57. The molecule has 0 aliphatic rings. The van der Waals surface area contributed by atoms with Crippen LogP contribution in [0.15, 0.2) is 0 Å². The molecule has 72 valence electrons. The molecule has 0 aromatic carbocycles. The molecule has 0 fully saturated rings. The molecule has 0 rings (SSSR count). The monoisotopic (exact) mass is 173 g/mol. The van der Waals surface area contributed by atoms with Gasteiger partial charge in [-0.3, -0.25) is 4.79 Å². The summed E-state index contributed by atoms with van der Waals surface area (Å²) >= 11 is 0. The van der Waals surface area contributed by atoms with Gasteiger partial charge in [-0.2, -0.15) is 0 Å². The van der Waals surface area contributed by atoms with Crippen LogP contribution in [0.3, 0.4) is 0 Å². The van der Waals surface area contributed by atoms with E-state index < -0.39 is 0 Å². The van der Waals surface area contributed by atoms with E-state index in [4.69, 9.17) is 5.73 Å². The van der Waals surface area contributed by atoms with Gasteiger partial charge in [0.05, 0.1) is 7.11 Å². The first kappa shape index (κ1) is 11.4. The van der Waals surface area contributed by atoms with Gasteiger partial charge in [-0.25, -0.2) is 0 Å². The Morgan fingerprint density at radius 3 is 2.50 bits per heavy atom. The molecule has 2 unspecified atom stereocenters. The number of hydrogen-bond donors (Lipinski definition) is 1. The van der Waals surface area contributed by atoms with Crippen LogP contribution in [0.1, 0.15) is 33.1 Å².